The molecule has 19 heavy (non-hydrogen) atoms. The molecule has 1 saturated heterocycles. The predicted octanol–water partition coefficient (Wildman–Crippen LogP) is 3.47. The van der Waals surface area contributed by atoms with Gasteiger partial charge in [0.2, 0.25) is 0 Å². The highest BCUT2D eigenvalue weighted by Crippen LogP contribution is 2.32. The first-order chi connectivity index (χ1) is 8.97. The van der Waals surface area contributed by atoms with E-state index < -0.39 is 11.7 Å². The lowest BCUT2D eigenvalue weighted by atomic mass is 10.0. The Morgan fingerprint density at radius 1 is 1.32 bits per heavy atom. The summed E-state index contributed by atoms with van der Waals surface area (Å²) in [6, 6.07) is 5.11. The van der Waals surface area contributed by atoms with E-state index in [0.717, 1.165) is 38.1 Å². The van der Waals surface area contributed by atoms with Crippen molar-refractivity contribution in [1.29, 1.82) is 0 Å². The first-order valence-electron chi connectivity index (χ1n) is 6.51. The standard InChI is InChI=1S/C14H18F3NO/c1-10-9-18-7-3-6-13(10)19-12-5-2-4-11(8-12)14(15,16)17/h2,4-5,8,10,13,18H,3,6-7,9H2,1H3. The fraction of sp³-hybridized carbons (Fsp3) is 0.571. The molecule has 2 nitrogen and oxygen atoms in total. The van der Waals surface area contributed by atoms with Gasteiger partial charge in [0.1, 0.15) is 11.9 Å². The zero-order valence-electron chi connectivity index (χ0n) is 10.8. The molecule has 0 saturated carbocycles. The molecule has 2 unspecified atom stereocenters. The van der Waals surface area contributed by atoms with Crippen molar-refractivity contribution in [2.24, 2.45) is 5.92 Å². The molecule has 1 fully saturated rings. The van der Waals surface area contributed by atoms with Gasteiger partial charge in [0.25, 0.3) is 0 Å². The van der Waals surface area contributed by atoms with Gasteiger partial charge in [0, 0.05) is 12.5 Å². The Bertz CT molecular complexity index is 419. The number of hydrogen-bond donors (Lipinski definition) is 1. The van der Waals surface area contributed by atoms with Crippen molar-refractivity contribution in [3.63, 3.8) is 0 Å². The minimum atomic E-state index is -4.32. The molecule has 1 aliphatic rings. The van der Waals surface area contributed by atoms with Crippen molar-refractivity contribution in [3.05, 3.63) is 29.8 Å². The SMILES string of the molecule is CC1CNCCCC1Oc1cccc(C(F)(F)F)c1. The lowest BCUT2D eigenvalue weighted by Crippen LogP contribution is -2.29. The minimum Gasteiger partial charge on any atom is -0.490 e. The molecule has 1 aliphatic heterocycles. The van der Waals surface area contributed by atoms with Crippen molar-refractivity contribution in [2.75, 3.05) is 13.1 Å². The first kappa shape index (κ1) is 14.2. The van der Waals surface area contributed by atoms with Gasteiger partial charge in [-0.2, -0.15) is 13.2 Å². The van der Waals surface area contributed by atoms with E-state index in [1.807, 2.05) is 0 Å². The van der Waals surface area contributed by atoms with Gasteiger partial charge in [-0.3, -0.25) is 0 Å². The highest BCUT2D eigenvalue weighted by molar-refractivity contribution is 5.30. The Morgan fingerprint density at radius 2 is 2.11 bits per heavy atom. The van der Waals surface area contributed by atoms with E-state index in [1.54, 1.807) is 6.07 Å². The lowest BCUT2D eigenvalue weighted by molar-refractivity contribution is -0.137. The summed E-state index contributed by atoms with van der Waals surface area (Å²) in [5, 5.41) is 3.29. The zero-order chi connectivity index (χ0) is 13.9. The van der Waals surface area contributed by atoms with Crippen molar-refractivity contribution >= 4 is 0 Å². The summed E-state index contributed by atoms with van der Waals surface area (Å²) in [7, 11) is 0. The summed E-state index contributed by atoms with van der Waals surface area (Å²) in [5.74, 6) is 0.589. The van der Waals surface area contributed by atoms with Crippen molar-refractivity contribution < 1.29 is 17.9 Å². The van der Waals surface area contributed by atoms with Gasteiger partial charge in [-0.15, -0.1) is 0 Å². The number of benzene rings is 1. The molecule has 2 atom stereocenters. The average molecular weight is 273 g/mol. The van der Waals surface area contributed by atoms with Gasteiger partial charge in [0.05, 0.1) is 5.56 Å². The Hall–Kier alpha value is -1.23. The van der Waals surface area contributed by atoms with Crippen LogP contribution >= 0.6 is 0 Å². The summed E-state index contributed by atoms with van der Waals surface area (Å²) in [4.78, 5) is 0. The number of rotatable bonds is 2. The molecule has 0 radical (unpaired) electrons. The van der Waals surface area contributed by atoms with E-state index in [1.165, 1.54) is 6.07 Å². The van der Waals surface area contributed by atoms with Gasteiger partial charge in [-0.25, -0.2) is 0 Å². The van der Waals surface area contributed by atoms with Crippen LogP contribution in [0.15, 0.2) is 24.3 Å². The van der Waals surface area contributed by atoms with Crippen LogP contribution in [0.5, 0.6) is 5.75 Å². The third-order valence-corrected chi connectivity index (χ3v) is 3.39. The maximum Gasteiger partial charge on any atom is 0.416 e. The Kier molecular flexibility index (Phi) is 4.34. The summed E-state index contributed by atoms with van der Waals surface area (Å²) in [5.41, 5.74) is -0.663. The van der Waals surface area contributed by atoms with Crippen LogP contribution in [0.4, 0.5) is 13.2 Å². The average Bonchev–Trinajstić information content (AvgIpc) is 2.54. The monoisotopic (exact) mass is 273 g/mol. The molecule has 1 heterocycles. The summed E-state index contributed by atoms with van der Waals surface area (Å²) in [6.45, 7) is 3.83. The fourth-order valence-electron chi connectivity index (χ4n) is 2.27. The van der Waals surface area contributed by atoms with Crippen LogP contribution in [0.2, 0.25) is 0 Å². The van der Waals surface area contributed by atoms with Gasteiger partial charge in [-0.1, -0.05) is 13.0 Å². The lowest BCUT2D eigenvalue weighted by Gasteiger charge is -2.23. The number of nitrogens with one attached hydrogen (secondary N) is 1. The zero-order valence-corrected chi connectivity index (χ0v) is 10.8. The van der Waals surface area contributed by atoms with E-state index in [0.29, 0.717) is 5.75 Å². The number of ether oxygens (including phenoxy) is 1. The predicted molar refractivity (Wildman–Crippen MR) is 67.1 cm³/mol. The second-order valence-electron chi connectivity index (χ2n) is 5.01. The van der Waals surface area contributed by atoms with Crippen LogP contribution in [-0.4, -0.2) is 19.2 Å². The first-order valence-corrected chi connectivity index (χ1v) is 6.51. The van der Waals surface area contributed by atoms with Crippen molar-refractivity contribution in [2.45, 2.75) is 32.0 Å². The fourth-order valence-corrected chi connectivity index (χ4v) is 2.27. The van der Waals surface area contributed by atoms with Crippen LogP contribution < -0.4 is 10.1 Å². The van der Waals surface area contributed by atoms with Gasteiger partial charge >= 0.3 is 6.18 Å². The summed E-state index contributed by atoms with van der Waals surface area (Å²) >= 11 is 0. The third kappa shape index (κ3) is 3.86. The second kappa shape index (κ2) is 5.82. The topological polar surface area (TPSA) is 21.3 Å². The summed E-state index contributed by atoms with van der Waals surface area (Å²) < 4.78 is 43.6. The molecule has 106 valence electrons. The van der Waals surface area contributed by atoms with Gasteiger partial charge in [0.15, 0.2) is 0 Å². The largest absolute Gasteiger partial charge is 0.490 e. The van der Waals surface area contributed by atoms with E-state index in [-0.39, 0.29) is 12.0 Å². The highest BCUT2D eigenvalue weighted by Gasteiger charge is 2.31. The normalized spacial score (nSPS) is 24.8. The molecule has 1 aromatic carbocycles. The van der Waals surface area contributed by atoms with E-state index in [9.17, 15) is 13.2 Å². The van der Waals surface area contributed by atoms with Gasteiger partial charge in [-0.05, 0) is 37.6 Å². The molecule has 0 aromatic heterocycles. The maximum absolute atomic E-state index is 12.6. The molecule has 0 spiro atoms. The molecule has 2 rings (SSSR count). The van der Waals surface area contributed by atoms with Crippen LogP contribution in [0.1, 0.15) is 25.3 Å². The number of halogens is 3. The molecule has 0 bridgehead atoms. The maximum atomic E-state index is 12.6. The Balaban J connectivity index is 2.09. The van der Waals surface area contributed by atoms with Crippen LogP contribution in [0, 0.1) is 5.92 Å². The Morgan fingerprint density at radius 3 is 2.84 bits per heavy atom. The Labute approximate surface area is 111 Å². The van der Waals surface area contributed by atoms with Crippen molar-refractivity contribution in [1.82, 2.24) is 5.32 Å². The van der Waals surface area contributed by atoms with Crippen LogP contribution in [-0.2, 0) is 6.18 Å². The smallest absolute Gasteiger partial charge is 0.416 e. The van der Waals surface area contributed by atoms with E-state index >= 15 is 0 Å². The summed E-state index contributed by atoms with van der Waals surface area (Å²) in [6.07, 6.45) is -2.51. The molecular weight excluding hydrogens is 255 g/mol. The number of hydrogen-bond acceptors (Lipinski definition) is 2. The molecular formula is C14H18F3NO. The third-order valence-electron chi connectivity index (χ3n) is 3.39. The van der Waals surface area contributed by atoms with Crippen LogP contribution in [0.3, 0.4) is 0 Å². The molecule has 0 aliphatic carbocycles. The van der Waals surface area contributed by atoms with E-state index in [2.05, 4.69) is 12.2 Å². The number of alkyl halides is 3. The van der Waals surface area contributed by atoms with Crippen molar-refractivity contribution in [3.8, 4) is 5.75 Å². The minimum absolute atomic E-state index is 0.0292. The molecule has 1 N–H and O–H groups in total. The molecule has 5 heteroatoms. The molecule has 0 amide bonds. The van der Waals surface area contributed by atoms with Crippen LogP contribution in [0.25, 0.3) is 0 Å². The molecule has 1 aromatic rings. The van der Waals surface area contributed by atoms with E-state index in [4.69, 9.17) is 4.74 Å². The highest BCUT2D eigenvalue weighted by atomic mass is 19.4. The quantitative estimate of drug-likeness (QED) is 0.890. The van der Waals surface area contributed by atoms with Gasteiger partial charge < -0.3 is 10.1 Å². The second-order valence-corrected chi connectivity index (χ2v) is 5.01.